The van der Waals surface area contributed by atoms with Crippen molar-refractivity contribution in [2.45, 2.75) is 50.2 Å². The second-order valence-corrected chi connectivity index (χ2v) is 8.27. The van der Waals surface area contributed by atoms with Crippen molar-refractivity contribution in [3.63, 3.8) is 0 Å². The van der Waals surface area contributed by atoms with E-state index in [0.717, 1.165) is 10.9 Å². The van der Waals surface area contributed by atoms with Gasteiger partial charge in [-0.05, 0) is 24.5 Å². The number of nitrogens with one attached hydrogen (secondary N) is 4. The van der Waals surface area contributed by atoms with Crippen molar-refractivity contribution in [2.75, 3.05) is 6.54 Å². The summed E-state index contributed by atoms with van der Waals surface area (Å²) in [6.45, 7) is -0.571. The second-order valence-electron chi connectivity index (χ2n) is 8.27. The zero-order valence-electron chi connectivity index (χ0n) is 19.7. The number of para-hydroxylation sites is 1. The van der Waals surface area contributed by atoms with Gasteiger partial charge in [0.05, 0.1) is 12.6 Å². The Morgan fingerprint density at radius 2 is 1.51 bits per heavy atom. The van der Waals surface area contributed by atoms with E-state index >= 15 is 0 Å². The molecule has 0 aliphatic heterocycles. The molecule has 3 atom stereocenters. The minimum Gasteiger partial charge on any atom is -0.481 e. The number of aromatic amines is 1. The molecule has 3 unspecified atom stereocenters. The Kier molecular flexibility index (Phi) is 10.6. The highest BCUT2D eigenvalue weighted by Gasteiger charge is 2.28. The Hall–Kier alpha value is -4.46. The van der Waals surface area contributed by atoms with Crippen LogP contribution in [0.15, 0.2) is 30.5 Å². The molecule has 0 fully saturated rings. The average molecular weight is 520 g/mol. The van der Waals surface area contributed by atoms with Gasteiger partial charge in [-0.3, -0.25) is 24.0 Å². The molecule has 1 aromatic heterocycles. The van der Waals surface area contributed by atoms with Gasteiger partial charge < -0.3 is 42.0 Å². The molecule has 0 bridgehead atoms. The molecule has 9 N–H and O–H groups in total. The molecule has 0 aliphatic carbocycles. The fourth-order valence-electron chi connectivity index (χ4n) is 3.48. The third-order valence-electron chi connectivity index (χ3n) is 5.44. The molecule has 0 saturated carbocycles. The van der Waals surface area contributed by atoms with Crippen molar-refractivity contribution in [2.24, 2.45) is 5.73 Å². The minimum atomic E-state index is -1.50. The van der Waals surface area contributed by atoms with E-state index < -0.39 is 66.7 Å². The van der Waals surface area contributed by atoms with Gasteiger partial charge in [-0.25, -0.2) is 4.79 Å². The number of nitrogens with two attached hydrogens (primary N) is 1. The molecule has 1 heterocycles. The normalized spacial score (nSPS) is 13.2. The molecular weight excluding hydrogens is 490 g/mol. The van der Waals surface area contributed by atoms with Crippen molar-refractivity contribution in [3.05, 3.63) is 36.0 Å². The summed E-state index contributed by atoms with van der Waals surface area (Å²) in [6, 6.07) is 3.26. The van der Waals surface area contributed by atoms with Gasteiger partial charge in [0.2, 0.25) is 17.7 Å². The lowest BCUT2D eigenvalue weighted by Gasteiger charge is -2.21. The summed E-state index contributed by atoms with van der Waals surface area (Å²) in [4.78, 5) is 73.6. The number of carboxylic acid groups (broad SMARTS) is 3. The fourth-order valence-corrected chi connectivity index (χ4v) is 3.48. The van der Waals surface area contributed by atoms with Crippen LogP contribution in [0.1, 0.15) is 31.2 Å². The Bertz CT molecular complexity index is 1160. The summed E-state index contributed by atoms with van der Waals surface area (Å²) >= 11 is 0. The van der Waals surface area contributed by atoms with Gasteiger partial charge in [-0.2, -0.15) is 0 Å². The maximum atomic E-state index is 13.0. The van der Waals surface area contributed by atoms with E-state index in [4.69, 9.17) is 15.9 Å². The van der Waals surface area contributed by atoms with Crippen LogP contribution in [0.25, 0.3) is 10.9 Å². The van der Waals surface area contributed by atoms with Gasteiger partial charge >= 0.3 is 17.9 Å². The number of rotatable bonds is 15. The first-order valence-electron chi connectivity index (χ1n) is 11.3. The maximum Gasteiger partial charge on any atom is 0.326 e. The SMILES string of the molecule is NC(CCC(=O)O)C(=O)NCC(=O)NC(Cc1c[nH]c2ccccc12)C(=O)NC(CCC(=O)O)C(=O)O. The summed E-state index contributed by atoms with van der Waals surface area (Å²) in [5.41, 5.74) is 7.03. The zero-order valence-corrected chi connectivity index (χ0v) is 19.7. The number of carboxylic acids is 3. The molecule has 14 heteroatoms. The smallest absolute Gasteiger partial charge is 0.326 e. The summed E-state index contributed by atoms with van der Waals surface area (Å²) in [5.74, 6) is -6.20. The molecule has 1 aromatic carbocycles. The van der Waals surface area contributed by atoms with Crippen molar-refractivity contribution in [1.29, 1.82) is 0 Å². The van der Waals surface area contributed by atoms with Gasteiger partial charge in [0.15, 0.2) is 0 Å². The van der Waals surface area contributed by atoms with E-state index in [1.807, 2.05) is 6.07 Å². The second kappa shape index (κ2) is 13.6. The van der Waals surface area contributed by atoms with Crippen LogP contribution < -0.4 is 21.7 Å². The number of fused-ring (bicyclic) bond motifs is 1. The Morgan fingerprint density at radius 1 is 0.865 bits per heavy atom. The molecule has 14 nitrogen and oxygen atoms in total. The summed E-state index contributed by atoms with van der Waals surface area (Å²) in [7, 11) is 0. The molecule has 0 radical (unpaired) electrons. The Balaban J connectivity index is 2.12. The number of hydrogen-bond donors (Lipinski definition) is 8. The van der Waals surface area contributed by atoms with E-state index in [1.54, 1.807) is 24.4 Å². The van der Waals surface area contributed by atoms with Crippen molar-refractivity contribution in [3.8, 4) is 0 Å². The molecule has 2 rings (SSSR count). The van der Waals surface area contributed by atoms with Gasteiger partial charge in [0, 0.05) is 36.4 Å². The largest absolute Gasteiger partial charge is 0.481 e. The topological polar surface area (TPSA) is 241 Å². The van der Waals surface area contributed by atoms with Gasteiger partial charge in [0.1, 0.15) is 12.1 Å². The molecule has 0 aliphatic rings. The maximum absolute atomic E-state index is 13.0. The van der Waals surface area contributed by atoms with Gasteiger partial charge in [-0.15, -0.1) is 0 Å². The van der Waals surface area contributed by atoms with Crippen LogP contribution in [0.2, 0.25) is 0 Å². The predicted octanol–water partition coefficient (Wildman–Crippen LogP) is -1.06. The standard InChI is InChI=1S/C23H29N5O9/c24-14(5-7-19(30)31)21(34)26-11-18(29)27-17(9-12-10-25-15-4-2-1-3-13(12)15)22(35)28-16(23(36)37)6-8-20(32)33/h1-4,10,14,16-17,25H,5-9,11,24H2,(H,26,34)(H,27,29)(H,28,35)(H,30,31)(H,32,33)(H,36,37). The molecule has 0 spiro atoms. The molecule has 2 aromatic rings. The van der Waals surface area contributed by atoms with Crippen LogP contribution in [0.4, 0.5) is 0 Å². The van der Waals surface area contributed by atoms with Crippen LogP contribution in [-0.2, 0) is 35.2 Å². The minimum absolute atomic E-state index is 0.0427. The van der Waals surface area contributed by atoms with Crippen LogP contribution in [0.3, 0.4) is 0 Å². The van der Waals surface area contributed by atoms with E-state index in [9.17, 15) is 33.9 Å². The Morgan fingerprint density at radius 3 is 2.16 bits per heavy atom. The number of H-pyrrole nitrogens is 1. The molecule has 3 amide bonds. The van der Waals surface area contributed by atoms with Crippen molar-refractivity contribution >= 4 is 46.5 Å². The zero-order chi connectivity index (χ0) is 27.5. The first-order chi connectivity index (χ1) is 17.5. The number of carbonyl (C=O) groups excluding carboxylic acids is 3. The molecule has 37 heavy (non-hydrogen) atoms. The first-order valence-corrected chi connectivity index (χ1v) is 11.3. The summed E-state index contributed by atoms with van der Waals surface area (Å²) < 4.78 is 0. The summed E-state index contributed by atoms with van der Waals surface area (Å²) in [5, 5.41) is 34.6. The lowest BCUT2D eigenvalue weighted by molar-refractivity contribution is -0.143. The van der Waals surface area contributed by atoms with E-state index in [1.165, 1.54) is 0 Å². The van der Waals surface area contributed by atoms with Crippen molar-refractivity contribution in [1.82, 2.24) is 20.9 Å². The first kappa shape index (κ1) is 28.8. The third kappa shape index (κ3) is 9.25. The quantitative estimate of drug-likeness (QED) is 0.142. The van der Waals surface area contributed by atoms with Crippen LogP contribution in [0, 0.1) is 0 Å². The molecule has 200 valence electrons. The number of aliphatic carboxylic acids is 3. The van der Waals surface area contributed by atoms with Crippen LogP contribution >= 0.6 is 0 Å². The number of amides is 3. The van der Waals surface area contributed by atoms with E-state index in [-0.39, 0.29) is 25.7 Å². The highest BCUT2D eigenvalue weighted by atomic mass is 16.4. The number of hydrogen-bond acceptors (Lipinski definition) is 7. The fraction of sp³-hybridized carbons (Fsp3) is 0.391. The van der Waals surface area contributed by atoms with Gasteiger partial charge in [0.25, 0.3) is 0 Å². The monoisotopic (exact) mass is 519 g/mol. The number of aromatic nitrogens is 1. The lowest BCUT2D eigenvalue weighted by Crippen LogP contribution is -2.54. The average Bonchev–Trinajstić information content (AvgIpc) is 3.25. The van der Waals surface area contributed by atoms with E-state index in [0.29, 0.717) is 5.56 Å². The molecular formula is C23H29N5O9. The lowest BCUT2D eigenvalue weighted by atomic mass is 10.0. The number of benzene rings is 1. The number of carbonyl (C=O) groups is 6. The van der Waals surface area contributed by atoms with Crippen LogP contribution in [-0.4, -0.2) is 80.6 Å². The van der Waals surface area contributed by atoms with E-state index in [2.05, 4.69) is 20.9 Å². The van der Waals surface area contributed by atoms with Gasteiger partial charge in [-0.1, -0.05) is 18.2 Å². The molecule has 0 saturated heterocycles. The van der Waals surface area contributed by atoms with Crippen LogP contribution in [0.5, 0.6) is 0 Å². The van der Waals surface area contributed by atoms with Crippen molar-refractivity contribution < 1.29 is 44.1 Å². The highest BCUT2D eigenvalue weighted by Crippen LogP contribution is 2.19. The predicted molar refractivity (Wildman–Crippen MR) is 128 cm³/mol. The summed E-state index contributed by atoms with van der Waals surface area (Å²) in [6.07, 6.45) is 0.263. The third-order valence-corrected chi connectivity index (χ3v) is 5.44. The highest BCUT2D eigenvalue weighted by molar-refractivity contribution is 5.93. The Labute approximate surface area is 210 Å².